The van der Waals surface area contributed by atoms with Crippen LogP contribution in [-0.4, -0.2) is 18.5 Å². The first-order valence-corrected chi connectivity index (χ1v) is 8.11. The average Bonchev–Trinajstić information content (AvgIpc) is 2.38. The maximum Gasteiger partial charge on any atom is 0.233 e. The number of nitrogens with two attached hydrogens (primary N) is 1. The van der Waals surface area contributed by atoms with E-state index in [0.717, 1.165) is 24.3 Å². The van der Waals surface area contributed by atoms with Crippen LogP contribution < -0.4 is 11.1 Å². The Kier molecular flexibility index (Phi) is 7.17. The van der Waals surface area contributed by atoms with E-state index < -0.39 is 0 Å². The lowest BCUT2D eigenvalue weighted by molar-refractivity contribution is -0.121. The molecule has 2 rings (SSSR count). The van der Waals surface area contributed by atoms with Crippen LogP contribution in [0.15, 0.2) is 24.3 Å². The molecule has 0 saturated heterocycles. The molecule has 0 aromatic heterocycles. The number of benzene rings is 1. The first kappa shape index (κ1) is 19.3. The molecule has 1 aliphatic carbocycles. The fourth-order valence-electron chi connectivity index (χ4n) is 3.33. The molecule has 1 aromatic rings. The van der Waals surface area contributed by atoms with Crippen molar-refractivity contribution < 1.29 is 4.79 Å². The van der Waals surface area contributed by atoms with Gasteiger partial charge in [-0.05, 0) is 42.9 Å². The Morgan fingerprint density at radius 1 is 1.32 bits per heavy atom. The molecule has 1 saturated carbocycles. The van der Waals surface area contributed by atoms with Crippen molar-refractivity contribution in [3.63, 3.8) is 0 Å². The van der Waals surface area contributed by atoms with Gasteiger partial charge in [0.25, 0.3) is 0 Å². The molecule has 3 N–H and O–H groups in total. The molecule has 3 nitrogen and oxygen atoms in total. The molecule has 1 atom stereocenters. The van der Waals surface area contributed by atoms with Crippen LogP contribution in [0.25, 0.3) is 0 Å². The first-order valence-electron chi connectivity index (χ1n) is 7.73. The van der Waals surface area contributed by atoms with Gasteiger partial charge in [-0.2, -0.15) is 0 Å². The van der Waals surface area contributed by atoms with Crippen LogP contribution in [0.3, 0.4) is 0 Å². The zero-order chi connectivity index (χ0) is 15.5. The topological polar surface area (TPSA) is 55.1 Å². The smallest absolute Gasteiger partial charge is 0.233 e. The van der Waals surface area contributed by atoms with Gasteiger partial charge in [-0.1, -0.05) is 44.0 Å². The van der Waals surface area contributed by atoms with Crippen molar-refractivity contribution in [3.8, 4) is 0 Å². The van der Waals surface area contributed by atoms with Crippen LogP contribution in [0.2, 0.25) is 5.02 Å². The molecular weight excluding hydrogens is 319 g/mol. The highest BCUT2D eigenvalue weighted by Crippen LogP contribution is 2.48. The summed E-state index contributed by atoms with van der Waals surface area (Å²) in [6.45, 7) is 4.43. The molecule has 1 fully saturated rings. The fraction of sp³-hybridized carbons (Fsp3) is 0.588. The van der Waals surface area contributed by atoms with Crippen molar-refractivity contribution >= 4 is 29.9 Å². The lowest BCUT2D eigenvalue weighted by Gasteiger charge is -2.49. The van der Waals surface area contributed by atoms with E-state index in [1.165, 1.54) is 12.0 Å². The molecule has 1 aromatic carbocycles. The van der Waals surface area contributed by atoms with Crippen LogP contribution in [0.1, 0.15) is 45.1 Å². The number of nitrogens with one attached hydrogen (secondary N) is 1. The average molecular weight is 345 g/mol. The molecule has 0 aliphatic heterocycles. The maximum absolute atomic E-state index is 11.8. The Morgan fingerprint density at radius 3 is 2.32 bits per heavy atom. The van der Waals surface area contributed by atoms with Crippen LogP contribution in [0, 0.1) is 5.92 Å². The minimum atomic E-state index is -0.0686. The lowest BCUT2D eigenvalue weighted by Crippen LogP contribution is -2.55. The quantitative estimate of drug-likeness (QED) is 0.826. The largest absolute Gasteiger partial charge is 0.351 e. The number of hydrogen-bond acceptors (Lipinski definition) is 2. The van der Waals surface area contributed by atoms with Gasteiger partial charge < -0.3 is 11.1 Å². The second-order valence-corrected chi connectivity index (χ2v) is 6.91. The molecule has 5 heteroatoms. The predicted molar refractivity (Wildman–Crippen MR) is 94.7 cm³/mol. The fourth-order valence-corrected chi connectivity index (χ4v) is 3.45. The highest BCUT2D eigenvalue weighted by Gasteiger charge is 2.45. The number of carbonyl (C=O) groups is 1. The standard InChI is InChI=1S/C17H25ClN2O.ClH/c1-12(2)10-15(20-16(21)11-19)17(8-3-9-17)13-4-6-14(18)7-5-13;/h4-7,12,15H,3,8-11,19H2,1-2H3,(H,20,21);1H. The van der Waals surface area contributed by atoms with Crippen molar-refractivity contribution in [2.24, 2.45) is 11.7 Å². The highest BCUT2D eigenvalue weighted by molar-refractivity contribution is 6.30. The van der Waals surface area contributed by atoms with Gasteiger partial charge in [0.15, 0.2) is 0 Å². The van der Waals surface area contributed by atoms with Crippen molar-refractivity contribution in [3.05, 3.63) is 34.9 Å². The van der Waals surface area contributed by atoms with Gasteiger partial charge in [-0.3, -0.25) is 4.79 Å². The van der Waals surface area contributed by atoms with E-state index >= 15 is 0 Å². The Labute approximate surface area is 144 Å². The summed E-state index contributed by atoms with van der Waals surface area (Å²) in [5, 5.41) is 3.91. The SMILES string of the molecule is CC(C)CC(NC(=O)CN)C1(c2ccc(Cl)cc2)CCC1.Cl. The van der Waals surface area contributed by atoms with Crippen LogP contribution >= 0.6 is 24.0 Å². The molecular formula is C17H26Cl2N2O. The molecule has 0 heterocycles. The second-order valence-electron chi connectivity index (χ2n) is 6.47. The number of halogens is 2. The molecule has 1 aliphatic rings. The molecule has 22 heavy (non-hydrogen) atoms. The number of hydrogen-bond donors (Lipinski definition) is 2. The lowest BCUT2D eigenvalue weighted by atomic mass is 9.59. The zero-order valence-corrected chi connectivity index (χ0v) is 14.8. The molecule has 1 unspecified atom stereocenters. The predicted octanol–water partition coefficient (Wildman–Crippen LogP) is 3.67. The van der Waals surface area contributed by atoms with Gasteiger partial charge in [-0.25, -0.2) is 0 Å². The van der Waals surface area contributed by atoms with Crippen molar-refractivity contribution in [2.75, 3.05) is 6.54 Å². The third-order valence-electron chi connectivity index (χ3n) is 4.56. The minimum absolute atomic E-state index is 0. The monoisotopic (exact) mass is 344 g/mol. The van der Waals surface area contributed by atoms with Crippen LogP contribution in [0.4, 0.5) is 0 Å². The summed E-state index contributed by atoms with van der Waals surface area (Å²) >= 11 is 6.01. The van der Waals surface area contributed by atoms with Gasteiger partial charge in [0.1, 0.15) is 0 Å². The highest BCUT2D eigenvalue weighted by atomic mass is 35.5. The molecule has 0 spiro atoms. The van der Waals surface area contributed by atoms with E-state index in [2.05, 4.69) is 31.3 Å². The molecule has 124 valence electrons. The van der Waals surface area contributed by atoms with Crippen molar-refractivity contribution in [1.29, 1.82) is 0 Å². The second kappa shape index (κ2) is 8.19. The molecule has 0 radical (unpaired) electrons. The normalized spacial score (nSPS) is 17.3. The van der Waals surface area contributed by atoms with Gasteiger partial charge in [0, 0.05) is 16.5 Å². The van der Waals surface area contributed by atoms with E-state index in [1.54, 1.807) is 0 Å². The van der Waals surface area contributed by atoms with Gasteiger partial charge in [-0.15, -0.1) is 12.4 Å². The Bertz CT molecular complexity index is 484. The Balaban J connectivity index is 0.00000242. The van der Waals surface area contributed by atoms with Crippen LogP contribution in [0.5, 0.6) is 0 Å². The summed E-state index contributed by atoms with van der Waals surface area (Å²) in [5.41, 5.74) is 6.80. The summed E-state index contributed by atoms with van der Waals surface area (Å²) in [5.74, 6) is 0.457. The van der Waals surface area contributed by atoms with E-state index in [1.807, 2.05) is 12.1 Å². The van der Waals surface area contributed by atoms with E-state index in [0.29, 0.717) is 5.92 Å². The minimum Gasteiger partial charge on any atom is -0.351 e. The number of carbonyl (C=O) groups excluding carboxylic acids is 1. The Hall–Kier alpha value is -0.770. The molecule has 1 amide bonds. The summed E-state index contributed by atoms with van der Waals surface area (Å²) in [7, 11) is 0. The first-order chi connectivity index (χ1) is 9.98. The molecule has 0 bridgehead atoms. The third kappa shape index (κ3) is 4.15. The maximum atomic E-state index is 11.8. The van der Waals surface area contributed by atoms with Crippen molar-refractivity contribution in [1.82, 2.24) is 5.32 Å². The van der Waals surface area contributed by atoms with Crippen LogP contribution in [-0.2, 0) is 10.2 Å². The van der Waals surface area contributed by atoms with E-state index in [-0.39, 0.29) is 36.3 Å². The van der Waals surface area contributed by atoms with E-state index in [4.69, 9.17) is 17.3 Å². The van der Waals surface area contributed by atoms with Crippen molar-refractivity contribution in [2.45, 2.75) is 51.0 Å². The third-order valence-corrected chi connectivity index (χ3v) is 4.81. The summed E-state index contributed by atoms with van der Waals surface area (Å²) in [4.78, 5) is 11.8. The number of amides is 1. The van der Waals surface area contributed by atoms with Gasteiger partial charge >= 0.3 is 0 Å². The summed E-state index contributed by atoms with van der Waals surface area (Å²) < 4.78 is 0. The zero-order valence-electron chi connectivity index (χ0n) is 13.3. The summed E-state index contributed by atoms with van der Waals surface area (Å²) in [6, 6.07) is 8.22. The van der Waals surface area contributed by atoms with Gasteiger partial charge in [0.2, 0.25) is 5.91 Å². The van der Waals surface area contributed by atoms with E-state index in [9.17, 15) is 4.79 Å². The summed E-state index contributed by atoms with van der Waals surface area (Å²) in [6.07, 6.45) is 4.39. The Morgan fingerprint density at radius 2 is 1.91 bits per heavy atom. The number of rotatable bonds is 6. The van der Waals surface area contributed by atoms with Gasteiger partial charge in [0.05, 0.1) is 6.54 Å².